The average molecular weight is 384 g/mol. The van der Waals surface area contributed by atoms with Gasteiger partial charge >= 0.3 is 8.25 Å². The molecular formula is C13H27N3O8P+. The van der Waals surface area contributed by atoms with Gasteiger partial charge in [-0.25, -0.2) is 4.98 Å². The smallest absolute Gasteiger partial charge is 0.394 e. The SMILES string of the molecule is CCCCCc1cnc(N)[nH]1.O=CC(O)C(O)C(O)CO.O=[P+](O)O. The first-order valence-corrected chi connectivity index (χ1v) is 8.60. The molecule has 0 aliphatic rings. The zero-order valence-electron chi connectivity index (χ0n) is 13.9. The minimum Gasteiger partial charge on any atom is -0.394 e. The van der Waals surface area contributed by atoms with Crippen molar-refractivity contribution in [2.45, 2.75) is 50.9 Å². The van der Waals surface area contributed by atoms with Crippen LogP contribution in [0.3, 0.4) is 0 Å². The first-order valence-electron chi connectivity index (χ1n) is 7.44. The molecule has 9 N–H and O–H groups in total. The van der Waals surface area contributed by atoms with Crippen molar-refractivity contribution in [3.05, 3.63) is 11.9 Å². The van der Waals surface area contributed by atoms with Crippen molar-refractivity contribution in [2.24, 2.45) is 0 Å². The molecule has 0 aliphatic heterocycles. The average Bonchev–Trinajstić information content (AvgIpc) is 2.98. The molecule has 0 bridgehead atoms. The summed E-state index contributed by atoms with van der Waals surface area (Å²) < 4.78 is 8.70. The van der Waals surface area contributed by atoms with Crippen LogP contribution in [0.15, 0.2) is 6.20 Å². The predicted molar refractivity (Wildman–Crippen MR) is 89.4 cm³/mol. The van der Waals surface area contributed by atoms with Crippen LogP contribution in [0.2, 0.25) is 0 Å². The molecule has 1 aromatic heterocycles. The van der Waals surface area contributed by atoms with Gasteiger partial charge in [-0.2, -0.15) is 0 Å². The Kier molecular flexibility index (Phi) is 16.5. The molecule has 146 valence electrons. The Morgan fingerprint density at radius 1 is 1.32 bits per heavy atom. The summed E-state index contributed by atoms with van der Waals surface area (Å²) in [6.45, 7) is 1.51. The van der Waals surface area contributed by atoms with E-state index in [4.69, 9.17) is 40.5 Å². The standard InChI is InChI=1S/C8H15N3.C5H10O5.HO3P/c1-2-3-4-5-7-6-10-8(9)11-7;6-1-3(8)5(10)4(9)2-7;1-4(2)3/h6H,2-5H2,1H3,(H3,9,10,11);1,3-5,7-10H,2H2;(H-,1,2,3)/p+1. The summed E-state index contributed by atoms with van der Waals surface area (Å²) in [7, 11) is -2.87. The number of nitrogens with one attached hydrogen (secondary N) is 1. The lowest BCUT2D eigenvalue weighted by atomic mass is 10.1. The van der Waals surface area contributed by atoms with E-state index in [1.807, 2.05) is 6.20 Å². The van der Waals surface area contributed by atoms with E-state index in [0.29, 0.717) is 5.95 Å². The second-order valence-electron chi connectivity index (χ2n) is 4.87. The van der Waals surface area contributed by atoms with Gasteiger partial charge in [-0.05, 0) is 12.8 Å². The lowest BCUT2D eigenvalue weighted by Crippen LogP contribution is -2.40. The number of nitrogens with two attached hydrogens (primary N) is 1. The molecule has 0 spiro atoms. The number of hydrogen-bond donors (Lipinski definition) is 8. The van der Waals surface area contributed by atoms with Crippen LogP contribution < -0.4 is 5.73 Å². The first-order chi connectivity index (χ1) is 11.7. The molecule has 12 heteroatoms. The van der Waals surface area contributed by atoms with Crippen LogP contribution in [0.4, 0.5) is 5.95 Å². The number of rotatable bonds is 8. The Balaban J connectivity index is 0. The number of aliphatic hydroxyl groups is 4. The molecule has 3 unspecified atom stereocenters. The van der Waals surface area contributed by atoms with Gasteiger partial charge < -0.3 is 35.9 Å². The van der Waals surface area contributed by atoms with Crippen LogP contribution in [0, 0.1) is 0 Å². The fraction of sp³-hybridized carbons (Fsp3) is 0.692. The van der Waals surface area contributed by atoms with Crippen LogP contribution in [0.5, 0.6) is 0 Å². The second kappa shape index (κ2) is 16.0. The summed E-state index contributed by atoms with van der Waals surface area (Å²) in [5.41, 5.74) is 6.57. The molecule has 0 aromatic carbocycles. The van der Waals surface area contributed by atoms with Gasteiger partial charge in [0, 0.05) is 10.3 Å². The Morgan fingerprint density at radius 3 is 2.24 bits per heavy atom. The van der Waals surface area contributed by atoms with Gasteiger partial charge in [0.25, 0.3) is 0 Å². The number of hydrogen-bond acceptors (Lipinski definition) is 8. The highest BCUT2D eigenvalue weighted by atomic mass is 31.1. The van der Waals surface area contributed by atoms with Crippen LogP contribution >= 0.6 is 8.25 Å². The maximum atomic E-state index is 9.76. The number of aliphatic hydroxyl groups excluding tert-OH is 4. The number of aromatic amines is 1. The Hall–Kier alpha value is -1.46. The molecule has 0 aliphatic carbocycles. The minimum absolute atomic E-state index is 0.0869. The second-order valence-corrected chi connectivity index (χ2v) is 5.38. The Labute approximate surface area is 146 Å². The van der Waals surface area contributed by atoms with E-state index in [2.05, 4.69) is 16.9 Å². The number of imidazole rings is 1. The maximum Gasteiger partial charge on any atom is 0.692 e. The number of nitrogens with zero attached hydrogens (tertiary/aromatic N) is 1. The number of aromatic nitrogens is 2. The third kappa shape index (κ3) is 15.8. The highest BCUT2D eigenvalue weighted by molar-refractivity contribution is 7.30. The normalized spacial score (nSPS) is 13.4. The van der Waals surface area contributed by atoms with Crippen LogP contribution in [-0.2, 0) is 15.8 Å². The zero-order valence-corrected chi connectivity index (χ0v) is 14.8. The Morgan fingerprint density at radius 2 is 1.88 bits per heavy atom. The van der Waals surface area contributed by atoms with Gasteiger partial charge in [-0.3, -0.25) is 0 Å². The van der Waals surface area contributed by atoms with Crippen molar-refractivity contribution in [1.29, 1.82) is 0 Å². The molecule has 0 amide bonds. The highest BCUT2D eigenvalue weighted by Gasteiger charge is 2.22. The summed E-state index contributed by atoms with van der Waals surface area (Å²) in [6.07, 6.45) is 2.00. The largest absolute Gasteiger partial charge is 0.692 e. The molecule has 1 heterocycles. The van der Waals surface area contributed by atoms with Crippen molar-refractivity contribution in [1.82, 2.24) is 9.97 Å². The topological polar surface area (TPSA) is 210 Å². The molecule has 1 rings (SSSR count). The van der Waals surface area contributed by atoms with E-state index in [1.165, 1.54) is 19.3 Å². The lowest BCUT2D eigenvalue weighted by Gasteiger charge is -2.16. The van der Waals surface area contributed by atoms with Gasteiger partial charge in [0.05, 0.1) is 12.8 Å². The lowest BCUT2D eigenvalue weighted by molar-refractivity contribution is -0.127. The Bertz CT molecular complexity index is 470. The van der Waals surface area contributed by atoms with Gasteiger partial charge in [0.2, 0.25) is 0 Å². The molecule has 0 saturated carbocycles. The number of H-pyrrole nitrogens is 1. The number of carbonyl (C=O) groups is 1. The quantitative estimate of drug-likeness (QED) is 0.149. The molecule has 3 atom stereocenters. The minimum atomic E-state index is -2.87. The van der Waals surface area contributed by atoms with Crippen LogP contribution in [-0.4, -0.2) is 71.4 Å². The van der Waals surface area contributed by atoms with E-state index in [-0.39, 0.29) is 6.29 Å². The monoisotopic (exact) mass is 384 g/mol. The number of aldehydes is 1. The van der Waals surface area contributed by atoms with E-state index in [0.717, 1.165) is 12.1 Å². The van der Waals surface area contributed by atoms with Gasteiger partial charge in [0.1, 0.15) is 18.3 Å². The predicted octanol–water partition coefficient (Wildman–Crippen LogP) is -1.39. The van der Waals surface area contributed by atoms with Crippen LogP contribution in [0.1, 0.15) is 31.9 Å². The third-order valence-electron chi connectivity index (χ3n) is 2.77. The van der Waals surface area contributed by atoms with Gasteiger partial charge in [-0.15, -0.1) is 9.79 Å². The van der Waals surface area contributed by atoms with E-state index >= 15 is 0 Å². The molecule has 0 radical (unpaired) electrons. The third-order valence-corrected chi connectivity index (χ3v) is 2.77. The van der Waals surface area contributed by atoms with E-state index in [9.17, 15) is 4.79 Å². The fourth-order valence-corrected chi connectivity index (χ4v) is 1.49. The summed E-state index contributed by atoms with van der Waals surface area (Å²) in [5.74, 6) is 0.525. The molecule has 1 aromatic rings. The number of unbranched alkanes of at least 4 members (excludes halogenated alkanes) is 2. The number of anilines is 1. The van der Waals surface area contributed by atoms with Crippen molar-refractivity contribution in [3.63, 3.8) is 0 Å². The zero-order chi connectivity index (χ0) is 19.8. The van der Waals surface area contributed by atoms with Gasteiger partial charge in [0.15, 0.2) is 12.2 Å². The summed E-state index contributed by atoms with van der Waals surface area (Å²) in [6, 6.07) is 0. The first kappa shape index (κ1) is 25.8. The number of carbonyl (C=O) groups excluding carboxylic acids is 1. The van der Waals surface area contributed by atoms with Crippen molar-refractivity contribution in [2.75, 3.05) is 12.3 Å². The van der Waals surface area contributed by atoms with E-state index in [1.54, 1.807) is 0 Å². The summed E-state index contributed by atoms with van der Waals surface area (Å²) in [4.78, 5) is 30.9. The van der Waals surface area contributed by atoms with E-state index < -0.39 is 33.2 Å². The fourth-order valence-electron chi connectivity index (χ4n) is 1.49. The molecular weight excluding hydrogens is 357 g/mol. The number of nitrogen functional groups attached to an aromatic ring is 1. The summed E-state index contributed by atoms with van der Waals surface area (Å²) >= 11 is 0. The van der Waals surface area contributed by atoms with Crippen molar-refractivity contribution < 1.29 is 39.6 Å². The molecule has 25 heavy (non-hydrogen) atoms. The number of aryl methyl sites for hydroxylation is 1. The molecule has 11 nitrogen and oxygen atoms in total. The van der Waals surface area contributed by atoms with Crippen molar-refractivity contribution >= 4 is 20.5 Å². The molecule has 0 fully saturated rings. The highest BCUT2D eigenvalue weighted by Crippen LogP contribution is 2.04. The van der Waals surface area contributed by atoms with Gasteiger partial charge in [-0.1, -0.05) is 19.8 Å². The van der Waals surface area contributed by atoms with Crippen molar-refractivity contribution in [3.8, 4) is 0 Å². The maximum absolute atomic E-state index is 9.76. The summed E-state index contributed by atoms with van der Waals surface area (Å²) in [5, 5.41) is 34.1. The van der Waals surface area contributed by atoms with Crippen LogP contribution in [0.25, 0.3) is 0 Å². The molecule has 0 saturated heterocycles.